The maximum absolute atomic E-state index is 10.8. The van der Waals surface area contributed by atoms with Crippen LogP contribution in [0.15, 0.2) is 0 Å². The summed E-state index contributed by atoms with van der Waals surface area (Å²) in [6.07, 6.45) is 1.23. The largest absolute Gasteiger partial charge is 0.446 e. The molecule has 0 aliphatic carbocycles. The van der Waals surface area contributed by atoms with E-state index < -0.39 is 6.09 Å². The summed E-state index contributed by atoms with van der Waals surface area (Å²) in [6.45, 7) is 8.37. The van der Waals surface area contributed by atoms with Gasteiger partial charge in [0.2, 0.25) is 0 Å². The van der Waals surface area contributed by atoms with Gasteiger partial charge in [-0.1, -0.05) is 20.8 Å². The van der Waals surface area contributed by atoms with Crippen molar-refractivity contribution < 1.29 is 9.53 Å². The Morgan fingerprint density at radius 1 is 1.60 bits per heavy atom. The molecule has 4 heteroatoms. The van der Waals surface area contributed by atoms with E-state index in [2.05, 4.69) is 26.1 Å². The average Bonchev–Trinajstić information content (AvgIpc) is 2.50. The van der Waals surface area contributed by atoms with Crippen molar-refractivity contribution in [3.05, 3.63) is 0 Å². The zero-order chi connectivity index (χ0) is 11.5. The maximum atomic E-state index is 10.8. The molecule has 0 radical (unpaired) electrons. The Labute approximate surface area is 91.5 Å². The molecule has 1 heterocycles. The average molecular weight is 214 g/mol. The predicted octanol–water partition coefficient (Wildman–Crippen LogP) is 1.50. The van der Waals surface area contributed by atoms with Crippen LogP contribution < -0.4 is 11.1 Å². The first-order chi connectivity index (χ1) is 6.88. The molecular formula is C11H22N2O2. The number of ether oxygens (including phenoxy) is 1. The highest BCUT2D eigenvalue weighted by Crippen LogP contribution is 2.28. The molecule has 15 heavy (non-hydrogen) atoms. The van der Waals surface area contributed by atoms with E-state index in [9.17, 15) is 4.79 Å². The molecule has 1 amide bonds. The molecule has 1 unspecified atom stereocenters. The molecule has 3 N–H and O–H groups in total. The van der Waals surface area contributed by atoms with Crippen LogP contribution in [0.3, 0.4) is 0 Å². The van der Waals surface area contributed by atoms with Crippen LogP contribution in [0.5, 0.6) is 0 Å². The van der Waals surface area contributed by atoms with Gasteiger partial charge in [0, 0.05) is 12.5 Å². The van der Waals surface area contributed by atoms with Crippen LogP contribution >= 0.6 is 0 Å². The minimum absolute atomic E-state index is 0.0440. The van der Waals surface area contributed by atoms with Crippen LogP contribution in [0.1, 0.15) is 33.6 Å². The Morgan fingerprint density at radius 2 is 2.27 bits per heavy atom. The van der Waals surface area contributed by atoms with E-state index in [1.165, 1.54) is 0 Å². The first-order valence-corrected chi connectivity index (χ1v) is 5.55. The Morgan fingerprint density at radius 3 is 2.67 bits per heavy atom. The second-order valence-electron chi connectivity index (χ2n) is 5.49. The molecular weight excluding hydrogens is 192 g/mol. The molecule has 2 atom stereocenters. The second-order valence-corrected chi connectivity index (χ2v) is 5.49. The summed E-state index contributed by atoms with van der Waals surface area (Å²) in [4.78, 5) is 10.8. The van der Waals surface area contributed by atoms with Crippen molar-refractivity contribution >= 4 is 6.09 Å². The Hall–Kier alpha value is -0.770. The fraction of sp³-hybridized carbons (Fsp3) is 0.909. The maximum Gasteiger partial charge on any atom is 0.404 e. The lowest BCUT2D eigenvalue weighted by Crippen LogP contribution is -2.34. The van der Waals surface area contributed by atoms with Crippen molar-refractivity contribution in [2.75, 3.05) is 13.1 Å². The molecule has 0 spiro atoms. The number of nitrogens with two attached hydrogens (primary N) is 1. The highest BCUT2D eigenvalue weighted by atomic mass is 16.6. The SMILES string of the molecule is CC(C)(C)C[C@H](OC(N)=O)C1CCNC1. The van der Waals surface area contributed by atoms with E-state index in [0.717, 1.165) is 25.9 Å². The summed E-state index contributed by atoms with van der Waals surface area (Å²) in [7, 11) is 0. The topological polar surface area (TPSA) is 64.3 Å². The number of nitrogens with one attached hydrogen (secondary N) is 1. The van der Waals surface area contributed by atoms with Gasteiger partial charge in [0.25, 0.3) is 0 Å². The van der Waals surface area contributed by atoms with Crippen molar-refractivity contribution in [3.63, 3.8) is 0 Å². The molecule has 0 aromatic heterocycles. The van der Waals surface area contributed by atoms with Gasteiger partial charge >= 0.3 is 6.09 Å². The van der Waals surface area contributed by atoms with E-state index in [1.807, 2.05) is 0 Å². The third-order valence-corrected chi connectivity index (χ3v) is 2.71. The highest BCUT2D eigenvalue weighted by Gasteiger charge is 2.30. The zero-order valence-corrected chi connectivity index (χ0v) is 9.88. The first kappa shape index (κ1) is 12.3. The van der Waals surface area contributed by atoms with Gasteiger partial charge in [-0.3, -0.25) is 0 Å². The number of carbonyl (C=O) groups excluding carboxylic acids is 1. The summed E-state index contributed by atoms with van der Waals surface area (Å²) in [6, 6.07) is 0. The van der Waals surface area contributed by atoms with Crippen molar-refractivity contribution in [2.45, 2.75) is 39.7 Å². The van der Waals surface area contributed by atoms with Gasteiger partial charge in [-0.25, -0.2) is 4.79 Å². The number of rotatable bonds is 3. The van der Waals surface area contributed by atoms with E-state index >= 15 is 0 Å². The lowest BCUT2D eigenvalue weighted by Gasteiger charge is -2.29. The van der Waals surface area contributed by atoms with Gasteiger partial charge in [-0.2, -0.15) is 0 Å². The molecule has 1 rings (SSSR count). The van der Waals surface area contributed by atoms with Crippen LogP contribution in [0.4, 0.5) is 4.79 Å². The number of amides is 1. The molecule has 1 aliphatic rings. The third kappa shape index (κ3) is 4.51. The van der Waals surface area contributed by atoms with E-state index in [-0.39, 0.29) is 11.5 Å². The van der Waals surface area contributed by atoms with E-state index in [0.29, 0.717) is 5.92 Å². The molecule has 1 fully saturated rings. The summed E-state index contributed by atoms with van der Waals surface area (Å²) in [5, 5.41) is 3.28. The molecule has 0 aromatic carbocycles. The molecule has 1 saturated heterocycles. The van der Waals surface area contributed by atoms with Crippen molar-refractivity contribution in [2.24, 2.45) is 17.1 Å². The Balaban J connectivity index is 2.55. The quantitative estimate of drug-likeness (QED) is 0.748. The predicted molar refractivity (Wildman–Crippen MR) is 59.5 cm³/mol. The molecule has 4 nitrogen and oxygen atoms in total. The minimum Gasteiger partial charge on any atom is -0.446 e. The summed E-state index contributed by atoms with van der Waals surface area (Å²) in [5.41, 5.74) is 5.25. The third-order valence-electron chi connectivity index (χ3n) is 2.71. The summed E-state index contributed by atoms with van der Waals surface area (Å²) >= 11 is 0. The fourth-order valence-electron chi connectivity index (χ4n) is 2.05. The van der Waals surface area contributed by atoms with Crippen LogP contribution in [0, 0.1) is 11.3 Å². The van der Waals surface area contributed by atoms with Crippen LogP contribution in [-0.4, -0.2) is 25.3 Å². The zero-order valence-electron chi connectivity index (χ0n) is 9.88. The van der Waals surface area contributed by atoms with Crippen LogP contribution in [0.2, 0.25) is 0 Å². The molecule has 1 aliphatic heterocycles. The number of hydrogen-bond donors (Lipinski definition) is 2. The van der Waals surface area contributed by atoms with E-state index in [4.69, 9.17) is 10.5 Å². The molecule has 88 valence electrons. The normalized spacial score (nSPS) is 23.8. The van der Waals surface area contributed by atoms with Gasteiger partial charge in [0.05, 0.1) is 0 Å². The van der Waals surface area contributed by atoms with Gasteiger partial charge in [-0.05, 0) is 24.8 Å². The standard InChI is InChI=1S/C11H22N2O2/c1-11(2,3)6-9(15-10(12)14)8-4-5-13-7-8/h8-9,13H,4-7H2,1-3H3,(H2,12,14)/t8?,9-/m0/s1. The monoisotopic (exact) mass is 214 g/mol. The number of primary amides is 1. The smallest absolute Gasteiger partial charge is 0.404 e. The Kier molecular flexibility index (Phi) is 3.97. The second kappa shape index (κ2) is 4.84. The van der Waals surface area contributed by atoms with Gasteiger partial charge in [0.1, 0.15) is 6.10 Å². The molecule has 0 saturated carbocycles. The van der Waals surface area contributed by atoms with Gasteiger partial charge in [0.15, 0.2) is 0 Å². The van der Waals surface area contributed by atoms with Crippen molar-refractivity contribution in [3.8, 4) is 0 Å². The van der Waals surface area contributed by atoms with Crippen molar-refractivity contribution in [1.29, 1.82) is 0 Å². The number of carbonyl (C=O) groups is 1. The highest BCUT2D eigenvalue weighted by molar-refractivity contribution is 5.64. The Bertz CT molecular complexity index is 217. The fourth-order valence-corrected chi connectivity index (χ4v) is 2.05. The van der Waals surface area contributed by atoms with Crippen molar-refractivity contribution in [1.82, 2.24) is 5.32 Å². The van der Waals surface area contributed by atoms with Crippen LogP contribution in [-0.2, 0) is 4.74 Å². The van der Waals surface area contributed by atoms with Crippen LogP contribution in [0.25, 0.3) is 0 Å². The minimum atomic E-state index is -0.656. The number of hydrogen-bond acceptors (Lipinski definition) is 3. The lowest BCUT2D eigenvalue weighted by atomic mass is 9.84. The van der Waals surface area contributed by atoms with Gasteiger partial charge < -0.3 is 15.8 Å². The molecule has 0 bridgehead atoms. The first-order valence-electron chi connectivity index (χ1n) is 5.55. The van der Waals surface area contributed by atoms with E-state index in [1.54, 1.807) is 0 Å². The molecule has 0 aromatic rings. The lowest BCUT2D eigenvalue weighted by molar-refractivity contribution is 0.0461. The summed E-state index contributed by atoms with van der Waals surface area (Å²) < 4.78 is 5.21. The summed E-state index contributed by atoms with van der Waals surface area (Å²) in [5.74, 6) is 0.414. The van der Waals surface area contributed by atoms with Gasteiger partial charge in [-0.15, -0.1) is 0 Å².